The third-order valence-corrected chi connectivity index (χ3v) is 2.12. The molecule has 0 saturated carbocycles. The SMILES string of the molecule is CNc1cccc(C(=O)NCC(O)CO)c1. The van der Waals surface area contributed by atoms with Gasteiger partial charge in [-0.2, -0.15) is 0 Å². The van der Waals surface area contributed by atoms with Gasteiger partial charge in [0.05, 0.1) is 12.7 Å². The lowest BCUT2D eigenvalue weighted by Gasteiger charge is -2.09. The van der Waals surface area contributed by atoms with Gasteiger partial charge in [0, 0.05) is 24.8 Å². The molecule has 16 heavy (non-hydrogen) atoms. The van der Waals surface area contributed by atoms with Crippen LogP contribution >= 0.6 is 0 Å². The zero-order valence-corrected chi connectivity index (χ0v) is 9.10. The summed E-state index contributed by atoms with van der Waals surface area (Å²) in [4.78, 5) is 11.6. The molecule has 0 aliphatic carbocycles. The van der Waals surface area contributed by atoms with Crippen molar-refractivity contribution >= 4 is 11.6 Å². The summed E-state index contributed by atoms with van der Waals surface area (Å²) in [5.41, 5.74) is 1.35. The van der Waals surface area contributed by atoms with E-state index in [1.54, 1.807) is 25.2 Å². The van der Waals surface area contributed by atoms with Crippen LogP contribution in [0.1, 0.15) is 10.4 Å². The van der Waals surface area contributed by atoms with Crippen molar-refractivity contribution in [3.63, 3.8) is 0 Å². The van der Waals surface area contributed by atoms with E-state index in [2.05, 4.69) is 10.6 Å². The van der Waals surface area contributed by atoms with Gasteiger partial charge in [0.2, 0.25) is 0 Å². The summed E-state index contributed by atoms with van der Waals surface area (Å²) in [6.07, 6.45) is -0.920. The van der Waals surface area contributed by atoms with Crippen molar-refractivity contribution in [2.45, 2.75) is 6.10 Å². The van der Waals surface area contributed by atoms with Crippen LogP contribution in [0.25, 0.3) is 0 Å². The van der Waals surface area contributed by atoms with E-state index >= 15 is 0 Å². The van der Waals surface area contributed by atoms with E-state index in [-0.39, 0.29) is 19.1 Å². The summed E-state index contributed by atoms with van der Waals surface area (Å²) >= 11 is 0. The first kappa shape index (κ1) is 12.5. The maximum atomic E-state index is 11.6. The molecule has 0 bridgehead atoms. The molecule has 1 unspecified atom stereocenters. The van der Waals surface area contributed by atoms with Crippen molar-refractivity contribution in [1.29, 1.82) is 0 Å². The molecule has 1 aromatic carbocycles. The Bertz CT molecular complexity index is 355. The monoisotopic (exact) mass is 224 g/mol. The minimum atomic E-state index is -0.920. The second kappa shape index (κ2) is 6.09. The summed E-state index contributed by atoms with van der Waals surface area (Å²) in [7, 11) is 1.77. The summed E-state index contributed by atoms with van der Waals surface area (Å²) in [6, 6.07) is 7.00. The molecular weight excluding hydrogens is 208 g/mol. The highest BCUT2D eigenvalue weighted by atomic mass is 16.3. The first-order valence-corrected chi connectivity index (χ1v) is 5.02. The number of rotatable bonds is 5. The van der Waals surface area contributed by atoms with Crippen molar-refractivity contribution in [2.75, 3.05) is 25.5 Å². The van der Waals surface area contributed by atoms with Crippen molar-refractivity contribution in [2.24, 2.45) is 0 Å². The van der Waals surface area contributed by atoms with Gasteiger partial charge in [-0.05, 0) is 18.2 Å². The highest BCUT2D eigenvalue weighted by Crippen LogP contribution is 2.09. The van der Waals surface area contributed by atoms with E-state index in [1.807, 2.05) is 6.07 Å². The minimum absolute atomic E-state index is 0.0408. The van der Waals surface area contributed by atoms with Gasteiger partial charge in [-0.15, -0.1) is 0 Å². The standard InChI is InChI=1S/C11H16N2O3/c1-12-9-4-2-3-8(5-9)11(16)13-6-10(15)7-14/h2-5,10,12,14-15H,6-7H2,1H3,(H,13,16). The van der Waals surface area contributed by atoms with Crippen LogP contribution in [0.3, 0.4) is 0 Å². The Balaban J connectivity index is 2.58. The molecule has 0 aliphatic rings. The molecule has 5 nitrogen and oxygen atoms in total. The van der Waals surface area contributed by atoms with Crippen LogP contribution in [0.5, 0.6) is 0 Å². The van der Waals surface area contributed by atoms with Crippen molar-refractivity contribution in [3.05, 3.63) is 29.8 Å². The molecule has 5 heteroatoms. The maximum absolute atomic E-state index is 11.6. The van der Waals surface area contributed by atoms with Crippen LogP contribution in [0, 0.1) is 0 Å². The predicted octanol–water partition coefficient (Wildman–Crippen LogP) is -0.189. The molecule has 1 amide bonds. The molecule has 0 heterocycles. The van der Waals surface area contributed by atoms with E-state index < -0.39 is 6.10 Å². The molecule has 0 aromatic heterocycles. The number of anilines is 1. The van der Waals surface area contributed by atoms with E-state index in [9.17, 15) is 4.79 Å². The number of aliphatic hydroxyl groups excluding tert-OH is 2. The Labute approximate surface area is 94.1 Å². The Kier molecular flexibility index (Phi) is 4.75. The molecule has 1 aromatic rings. The van der Waals surface area contributed by atoms with Gasteiger partial charge >= 0.3 is 0 Å². The summed E-state index contributed by atoms with van der Waals surface area (Å²) in [6.45, 7) is -0.323. The number of benzene rings is 1. The second-order valence-corrected chi connectivity index (χ2v) is 3.38. The number of amides is 1. The van der Waals surface area contributed by atoms with Gasteiger partial charge < -0.3 is 20.8 Å². The van der Waals surface area contributed by atoms with E-state index in [0.717, 1.165) is 5.69 Å². The fourth-order valence-electron chi connectivity index (χ4n) is 1.19. The fourth-order valence-corrected chi connectivity index (χ4v) is 1.19. The summed E-state index contributed by atoms with van der Waals surface area (Å²) in [5, 5.41) is 23.1. The van der Waals surface area contributed by atoms with Crippen LogP contribution < -0.4 is 10.6 Å². The second-order valence-electron chi connectivity index (χ2n) is 3.38. The number of hydrogen-bond donors (Lipinski definition) is 4. The Morgan fingerprint density at radius 3 is 2.88 bits per heavy atom. The van der Waals surface area contributed by atoms with E-state index in [0.29, 0.717) is 5.56 Å². The fraction of sp³-hybridized carbons (Fsp3) is 0.364. The molecule has 0 fully saturated rings. The van der Waals surface area contributed by atoms with E-state index in [4.69, 9.17) is 10.2 Å². The number of aliphatic hydroxyl groups is 2. The molecule has 0 aliphatic heterocycles. The normalized spacial score (nSPS) is 11.9. The predicted molar refractivity (Wildman–Crippen MR) is 61.4 cm³/mol. The smallest absolute Gasteiger partial charge is 0.251 e. The lowest BCUT2D eigenvalue weighted by atomic mass is 10.2. The minimum Gasteiger partial charge on any atom is -0.394 e. The van der Waals surface area contributed by atoms with Crippen LogP contribution in [-0.4, -0.2) is 42.4 Å². The quantitative estimate of drug-likeness (QED) is 0.559. The third kappa shape index (κ3) is 3.52. The molecule has 1 atom stereocenters. The number of nitrogens with one attached hydrogen (secondary N) is 2. The zero-order chi connectivity index (χ0) is 12.0. The Morgan fingerprint density at radius 1 is 1.50 bits per heavy atom. The maximum Gasteiger partial charge on any atom is 0.251 e. The van der Waals surface area contributed by atoms with Crippen molar-refractivity contribution in [1.82, 2.24) is 5.32 Å². The average Bonchev–Trinajstić information content (AvgIpc) is 2.35. The van der Waals surface area contributed by atoms with Gasteiger partial charge in [0.1, 0.15) is 0 Å². The zero-order valence-electron chi connectivity index (χ0n) is 9.10. The lowest BCUT2D eigenvalue weighted by Crippen LogP contribution is -2.33. The first-order chi connectivity index (χ1) is 7.67. The largest absolute Gasteiger partial charge is 0.394 e. The Morgan fingerprint density at radius 2 is 2.25 bits per heavy atom. The molecular formula is C11H16N2O3. The summed E-state index contributed by atoms with van der Waals surface area (Å²) in [5.74, 6) is -0.274. The van der Waals surface area contributed by atoms with Crippen molar-refractivity contribution < 1.29 is 15.0 Å². The van der Waals surface area contributed by atoms with Crippen LogP contribution in [0.4, 0.5) is 5.69 Å². The van der Waals surface area contributed by atoms with Crippen molar-refractivity contribution in [3.8, 4) is 0 Å². The number of carbonyl (C=O) groups is 1. The molecule has 4 N–H and O–H groups in total. The lowest BCUT2D eigenvalue weighted by molar-refractivity contribution is 0.0802. The molecule has 0 spiro atoms. The van der Waals surface area contributed by atoms with Gasteiger partial charge in [0.15, 0.2) is 0 Å². The van der Waals surface area contributed by atoms with Gasteiger partial charge in [-0.1, -0.05) is 6.07 Å². The van der Waals surface area contributed by atoms with Gasteiger partial charge in [-0.3, -0.25) is 4.79 Å². The van der Waals surface area contributed by atoms with Crippen LogP contribution in [0.15, 0.2) is 24.3 Å². The number of carbonyl (C=O) groups excluding carboxylic acids is 1. The van der Waals surface area contributed by atoms with Crippen LogP contribution in [0.2, 0.25) is 0 Å². The Hall–Kier alpha value is -1.59. The highest BCUT2D eigenvalue weighted by molar-refractivity contribution is 5.95. The molecule has 0 radical (unpaired) electrons. The number of hydrogen-bond acceptors (Lipinski definition) is 4. The molecule has 0 saturated heterocycles. The first-order valence-electron chi connectivity index (χ1n) is 5.02. The third-order valence-electron chi connectivity index (χ3n) is 2.12. The topological polar surface area (TPSA) is 81.6 Å². The van der Waals surface area contributed by atoms with Gasteiger partial charge in [-0.25, -0.2) is 0 Å². The molecule has 1 rings (SSSR count). The summed E-state index contributed by atoms with van der Waals surface area (Å²) < 4.78 is 0. The average molecular weight is 224 g/mol. The van der Waals surface area contributed by atoms with Gasteiger partial charge in [0.25, 0.3) is 5.91 Å². The van der Waals surface area contributed by atoms with E-state index in [1.165, 1.54) is 0 Å². The highest BCUT2D eigenvalue weighted by Gasteiger charge is 2.08. The molecule has 88 valence electrons. The van der Waals surface area contributed by atoms with Crippen LogP contribution in [-0.2, 0) is 0 Å².